The maximum Gasteiger partial charge on any atom is 0.424 e. The Kier molecular flexibility index (Phi) is 6.47. The lowest BCUT2D eigenvalue weighted by molar-refractivity contribution is -0.267. The summed E-state index contributed by atoms with van der Waals surface area (Å²) < 4.78 is 40.9. The summed E-state index contributed by atoms with van der Waals surface area (Å²) in [7, 11) is 0. The van der Waals surface area contributed by atoms with E-state index < -0.39 is 41.1 Å². The molecule has 2 atom stereocenters. The van der Waals surface area contributed by atoms with E-state index in [1.807, 2.05) is 0 Å². The van der Waals surface area contributed by atoms with E-state index in [0.717, 1.165) is 18.4 Å². The largest absolute Gasteiger partial charge is 0.424 e. The summed E-state index contributed by atoms with van der Waals surface area (Å²) >= 11 is 0.629. The summed E-state index contributed by atoms with van der Waals surface area (Å²) in [5.41, 5.74) is -2.38. The molecular formula is C20H22F3N3O3S. The van der Waals surface area contributed by atoms with E-state index in [2.05, 4.69) is 15.6 Å². The third kappa shape index (κ3) is 5.37. The van der Waals surface area contributed by atoms with Crippen LogP contribution in [0.15, 0.2) is 35.7 Å². The SMILES string of the molecule is Cc1csc(C(O)(CC(=O)NC(Cc2ccccc2)C(=O)NC2CC2)C(F)(F)F)n1. The molecule has 2 unspecified atom stereocenters. The second-order valence-electron chi connectivity index (χ2n) is 7.42. The molecule has 10 heteroatoms. The molecule has 1 aliphatic carbocycles. The Bertz CT molecular complexity index is 899. The monoisotopic (exact) mass is 441 g/mol. The first-order chi connectivity index (χ1) is 14.1. The van der Waals surface area contributed by atoms with E-state index in [1.165, 1.54) is 12.3 Å². The van der Waals surface area contributed by atoms with Gasteiger partial charge in [0.15, 0.2) is 0 Å². The number of aliphatic hydroxyl groups is 1. The van der Waals surface area contributed by atoms with Crippen LogP contribution >= 0.6 is 11.3 Å². The van der Waals surface area contributed by atoms with Gasteiger partial charge in [0.1, 0.15) is 11.0 Å². The zero-order valence-electron chi connectivity index (χ0n) is 16.2. The number of nitrogens with zero attached hydrogens (tertiary/aromatic N) is 1. The Morgan fingerprint density at radius 3 is 2.47 bits per heavy atom. The fourth-order valence-electron chi connectivity index (χ4n) is 2.91. The van der Waals surface area contributed by atoms with Crippen molar-refractivity contribution in [3.8, 4) is 0 Å². The number of aryl methyl sites for hydroxylation is 1. The number of thiazole rings is 1. The summed E-state index contributed by atoms with van der Waals surface area (Å²) in [5.74, 6) is -1.55. The van der Waals surface area contributed by atoms with E-state index in [-0.39, 0.29) is 12.5 Å². The average Bonchev–Trinajstić information content (AvgIpc) is 3.37. The molecule has 3 rings (SSSR count). The number of hydrogen-bond acceptors (Lipinski definition) is 5. The molecule has 30 heavy (non-hydrogen) atoms. The molecule has 1 saturated carbocycles. The highest BCUT2D eigenvalue weighted by molar-refractivity contribution is 7.09. The Labute approximate surface area is 175 Å². The van der Waals surface area contributed by atoms with Gasteiger partial charge in [-0.2, -0.15) is 13.2 Å². The van der Waals surface area contributed by atoms with Crippen molar-refractivity contribution in [2.24, 2.45) is 0 Å². The van der Waals surface area contributed by atoms with Crippen LogP contribution in [0.2, 0.25) is 0 Å². The van der Waals surface area contributed by atoms with Gasteiger partial charge < -0.3 is 15.7 Å². The van der Waals surface area contributed by atoms with Crippen LogP contribution in [-0.2, 0) is 21.6 Å². The van der Waals surface area contributed by atoms with Gasteiger partial charge in [0.25, 0.3) is 0 Å². The molecule has 0 aliphatic heterocycles. The zero-order valence-corrected chi connectivity index (χ0v) is 17.0. The Morgan fingerprint density at radius 2 is 1.93 bits per heavy atom. The smallest absolute Gasteiger partial charge is 0.374 e. The topological polar surface area (TPSA) is 91.3 Å². The van der Waals surface area contributed by atoms with Crippen molar-refractivity contribution in [3.63, 3.8) is 0 Å². The predicted octanol–water partition coefficient (Wildman–Crippen LogP) is 2.60. The maximum absolute atomic E-state index is 13.6. The number of nitrogens with one attached hydrogen (secondary N) is 2. The normalized spacial score (nSPS) is 17.1. The molecule has 6 nitrogen and oxygen atoms in total. The van der Waals surface area contributed by atoms with Crippen molar-refractivity contribution >= 4 is 23.2 Å². The molecule has 1 aromatic carbocycles. The summed E-state index contributed by atoms with van der Waals surface area (Å²) in [6.07, 6.45) is -4.62. The van der Waals surface area contributed by atoms with E-state index >= 15 is 0 Å². The second kappa shape index (κ2) is 8.73. The Morgan fingerprint density at radius 1 is 1.27 bits per heavy atom. The van der Waals surface area contributed by atoms with Gasteiger partial charge in [-0.25, -0.2) is 4.98 Å². The molecule has 1 heterocycles. The lowest BCUT2D eigenvalue weighted by atomic mass is 9.98. The van der Waals surface area contributed by atoms with Crippen LogP contribution in [0.25, 0.3) is 0 Å². The van der Waals surface area contributed by atoms with Crippen LogP contribution in [0.5, 0.6) is 0 Å². The number of alkyl halides is 3. The van der Waals surface area contributed by atoms with Gasteiger partial charge >= 0.3 is 6.18 Å². The van der Waals surface area contributed by atoms with Crippen LogP contribution in [-0.4, -0.2) is 40.2 Å². The van der Waals surface area contributed by atoms with E-state index in [0.29, 0.717) is 17.0 Å². The van der Waals surface area contributed by atoms with Gasteiger partial charge in [-0.15, -0.1) is 11.3 Å². The highest BCUT2D eigenvalue weighted by Gasteiger charge is 2.58. The first-order valence-corrected chi connectivity index (χ1v) is 10.3. The third-order valence-corrected chi connectivity index (χ3v) is 5.83. The molecule has 0 spiro atoms. The molecule has 0 saturated heterocycles. The van der Waals surface area contributed by atoms with Crippen molar-refractivity contribution in [2.45, 2.75) is 56.5 Å². The zero-order chi connectivity index (χ0) is 21.9. The third-order valence-electron chi connectivity index (χ3n) is 4.72. The van der Waals surface area contributed by atoms with Crippen LogP contribution in [0, 0.1) is 6.92 Å². The first kappa shape index (κ1) is 22.2. The van der Waals surface area contributed by atoms with Crippen molar-refractivity contribution in [3.05, 3.63) is 52.0 Å². The fourth-order valence-corrected chi connectivity index (χ4v) is 3.82. The highest BCUT2D eigenvalue weighted by atomic mass is 32.1. The molecule has 1 aromatic heterocycles. The van der Waals surface area contributed by atoms with Gasteiger partial charge in [0, 0.05) is 23.5 Å². The molecule has 1 fully saturated rings. The van der Waals surface area contributed by atoms with Crippen LogP contribution in [0.4, 0.5) is 13.2 Å². The molecular weight excluding hydrogens is 419 g/mol. The van der Waals surface area contributed by atoms with Crippen molar-refractivity contribution in [2.75, 3.05) is 0 Å². The quantitative estimate of drug-likeness (QED) is 0.587. The van der Waals surface area contributed by atoms with E-state index in [1.54, 1.807) is 30.3 Å². The van der Waals surface area contributed by atoms with Crippen molar-refractivity contribution < 1.29 is 27.9 Å². The molecule has 2 amide bonds. The summed E-state index contributed by atoms with van der Waals surface area (Å²) in [5, 5.41) is 16.2. The lowest BCUT2D eigenvalue weighted by Gasteiger charge is -2.28. The predicted molar refractivity (Wildman–Crippen MR) is 105 cm³/mol. The molecule has 162 valence electrons. The average molecular weight is 441 g/mol. The Balaban J connectivity index is 1.76. The summed E-state index contributed by atoms with van der Waals surface area (Å²) in [4.78, 5) is 28.8. The minimum Gasteiger partial charge on any atom is -0.374 e. The number of hydrogen-bond donors (Lipinski definition) is 3. The minimum atomic E-state index is -5.11. The van der Waals surface area contributed by atoms with Crippen LogP contribution in [0.3, 0.4) is 0 Å². The van der Waals surface area contributed by atoms with Gasteiger partial charge in [-0.05, 0) is 25.3 Å². The minimum absolute atomic E-state index is 0.0260. The van der Waals surface area contributed by atoms with Crippen molar-refractivity contribution in [1.29, 1.82) is 0 Å². The Hall–Kier alpha value is -2.46. The maximum atomic E-state index is 13.6. The number of rotatable bonds is 8. The standard InChI is InChI=1S/C20H22F3N3O3S/c1-12-11-30-18(24-12)19(29,20(21,22)23)10-16(27)26-15(17(28)25-14-7-8-14)9-13-5-3-2-4-6-13/h2-6,11,14-15,29H,7-10H2,1H3,(H,25,28)(H,26,27). The molecule has 2 aromatic rings. The number of carbonyl (C=O) groups excluding carboxylic acids is 2. The first-order valence-electron chi connectivity index (χ1n) is 9.44. The summed E-state index contributed by atoms with van der Waals surface area (Å²) in [6, 6.07) is 7.80. The number of aromatic nitrogens is 1. The number of benzene rings is 1. The van der Waals surface area contributed by atoms with Gasteiger partial charge in [-0.1, -0.05) is 30.3 Å². The molecule has 3 N–H and O–H groups in total. The summed E-state index contributed by atoms with van der Waals surface area (Å²) in [6.45, 7) is 1.50. The van der Waals surface area contributed by atoms with E-state index in [4.69, 9.17) is 0 Å². The fraction of sp³-hybridized carbons (Fsp3) is 0.450. The molecule has 1 aliphatic rings. The number of amides is 2. The number of carbonyl (C=O) groups is 2. The van der Waals surface area contributed by atoms with Crippen LogP contribution < -0.4 is 10.6 Å². The molecule has 0 bridgehead atoms. The van der Waals surface area contributed by atoms with Crippen molar-refractivity contribution in [1.82, 2.24) is 15.6 Å². The number of halogens is 3. The van der Waals surface area contributed by atoms with Gasteiger partial charge in [0.2, 0.25) is 17.4 Å². The van der Waals surface area contributed by atoms with Gasteiger partial charge in [0.05, 0.1) is 6.42 Å². The molecule has 0 radical (unpaired) electrons. The lowest BCUT2D eigenvalue weighted by Crippen LogP contribution is -2.52. The van der Waals surface area contributed by atoms with E-state index in [9.17, 15) is 27.9 Å². The second-order valence-corrected chi connectivity index (χ2v) is 8.28. The van der Waals surface area contributed by atoms with Crippen LogP contribution in [0.1, 0.15) is 35.5 Å². The highest BCUT2D eigenvalue weighted by Crippen LogP contribution is 2.42. The van der Waals surface area contributed by atoms with Gasteiger partial charge in [-0.3, -0.25) is 9.59 Å².